The van der Waals surface area contributed by atoms with E-state index < -0.39 is 6.04 Å². The summed E-state index contributed by atoms with van der Waals surface area (Å²) in [6.07, 6.45) is 2.55. The number of Topliss-reactive ketones (excluding diaryl/α,β-unsaturated/α-hetero) is 2. The van der Waals surface area contributed by atoms with Gasteiger partial charge >= 0.3 is 0 Å². The van der Waals surface area contributed by atoms with Gasteiger partial charge in [0.2, 0.25) is 11.8 Å². The summed E-state index contributed by atoms with van der Waals surface area (Å²) in [7, 11) is 3.63. The number of hydrogen-bond acceptors (Lipinski definition) is 6. The maximum atomic E-state index is 12.0. The monoisotopic (exact) mass is 370 g/mol. The van der Waals surface area contributed by atoms with Crippen molar-refractivity contribution < 1.29 is 19.2 Å². The largest absolute Gasteiger partial charge is 0.355 e. The SMILES string of the molecule is CCC(=O)CCCNC(=O)CNC(C)C(=O)CCCNC(=O)CN(C)C. The Morgan fingerprint density at radius 1 is 0.923 bits per heavy atom. The van der Waals surface area contributed by atoms with E-state index in [9.17, 15) is 19.2 Å². The Labute approximate surface area is 156 Å². The third kappa shape index (κ3) is 13.5. The van der Waals surface area contributed by atoms with Crippen molar-refractivity contribution in [1.29, 1.82) is 0 Å². The smallest absolute Gasteiger partial charge is 0.234 e. The summed E-state index contributed by atoms with van der Waals surface area (Å²) in [5.74, 6) is -0.0572. The first-order valence-corrected chi connectivity index (χ1v) is 9.22. The van der Waals surface area contributed by atoms with Crippen LogP contribution in [0.15, 0.2) is 0 Å². The van der Waals surface area contributed by atoms with Crippen LogP contribution >= 0.6 is 0 Å². The molecule has 0 spiro atoms. The summed E-state index contributed by atoms with van der Waals surface area (Å²) in [6.45, 7) is 4.85. The molecule has 0 aliphatic carbocycles. The van der Waals surface area contributed by atoms with Crippen LogP contribution in [-0.2, 0) is 19.2 Å². The number of amides is 2. The van der Waals surface area contributed by atoms with Crippen LogP contribution in [0, 0.1) is 0 Å². The maximum absolute atomic E-state index is 12.0. The first-order chi connectivity index (χ1) is 12.3. The van der Waals surface area contributed by atoms with E-state index in [1.807, 2.05) is 21.0 Å². The van der Waals surface area contributed by atoms with Gasteiger partial charge in [-0.1, -0.05) is 6.92 Å². The molecule has 0 aliphatic rings. The topological polar surface area (TPSA) is 108 Å². The molecule has 8 nitrogen and oxygen atoms in total. The molecule has 1 unspecified atom stereocenters. The Kier molecular flexibility index (Phi) is 13.4. The van der Waals surface area contributed by atoms with Crippen molar-refractivity contribution in [2.75, 3.05) is 40.3 Å². The van der Waals surface area contributed by atoms with E-state index in [-0.39, 0.29) is 29.9 Å². The molecule has 2 amide bonds. The number of carbonyl (C=O) groups is 4. The lowest BCUT2D eigenvalue weighted by Gasteiger charge is -2.13. The predicted octanol–water partition coefficient (Wildman–Crippen LogP) is -0.133. The van der Waals surface area contributed by atoms with Gasteiger partial charge in [-0.05, 0) is 33.9 Å². The zero-order chi connectivity index (χ0) is 19.9. The fourth-order valence-electron chi connectivity index (χ4n) is 2.16. The van der Waals surface area contributed by atoms with Crippen LogP contribution < -0.4 is 16.0 Å². The average molecular weight is 370 g/mol. The van der Waals surface area contributed by atoms with Gasteiger partial charge < -0.3 is 15.5 Å². The number of ketones is 2. The Morgan fingerprint density at radius 3 is 2.08 bits per heavy atom. The summed E-state index contributed by atoms with van der Waals surface area (Å²) >= 11 is 0. The summed E-state index contributed by atoms with van der Waals surface area (Å²) in [5.41, 5.74) is 0. The third-order valence-corrected chi connectivity index (χ3v) is 3.78. The molecule has 0 rings (SSSR count). The van der Waals surface area contributed by atoms with E-state index in [1.165, 1.54) is 0 Å². The summed E-state index contributed by atoms with van der Waals surface area (Å²) in [6, 6.07) is -0.417. The van der Waals surface area contributed by atoms with Crippen LogP contribution in [0.5, 0.6) is 0 Å². The highest BCUT2D eigenvalue weighted by molar-refractivity contribution is 5.85. The van der Waals surface area contributed by atoms with Crippen LogP contribution in [0.1, 0.15) is 46.0 Å². The highest BCUT2D eigenvalue weighted by Crippen LogP contribution is 1.96. The second-order valence-electron chi connectivity index (χ2n) is 6.61. The van der Waals surface area contributed by atoms with Gasteiger partial charge in [-0.3, -0.25) is 24.5 Å². The van der Waals surface area contributed by atoms with Crippen LogP contribution in [0.4, 0.5) is 0 Å². The zero-order valence-electron chi connectivity index (χ0n) is 16.5. The molecule has 0 fully saturated rings. The number of rotatable bonds is 15. The molecule has 0 bridgehead atoms. The number of nitrogens with zero attached hydrogens (tertiary/aromatic N) is 1. The minimum atomic E-state index is -0.417. The van der Waals surface area contributed by atoms with Crippen molar-refractivity contribution in [1.82, 2.24) is 20.9 Å². The number of nitrogens with one attached hydrogen (secondary N) is 3. The van der Waals surface area contributed by atoms with Crippen molar-refractivity contribution in [2.24, 2.45) is 0 Å². The number of hydrogen-bond donors (Lipinski definition) is 3. The van der Waals surface area contributed by atoms with E-state index in [1.54, 1.807) is 11.8 Å². The van der Waals surface area contributed by atoms with Gasteiger partial charge in [-0.25, -0.2) is 0 Å². The first kappa shape index (κ1) is 24.2. The summed E-state index contributed by atoms with van der Waals surface area (Å²) < 4.78 is 0. The number of likely N-dealkylation sites (N-methyl/N-ethyl adjacent to an activating group) is 1. The second kappa shape index (κ2) is 14.4. The molecule has 1 atom stereocenters. The highest BCUT2D eigenvalue weighted by atomic mass is 16.2. The first-order valence-electron chi connectivity index (χ1n) is 9.22. The third-order valence-electron chi connectivity index (χ3n) is 3.78. The molecule has 0 aliphatic heterocycles. The van der Waals surface area contributed by atoms with Gasteiger partial charge in [0.25, 0.3) is 0 Å². The zero-order valence-corrected chi connectivity index (χ0v) is 16.5. The quantitative estimate of drug-likeness (QED) is 0.347. The molecular formula is C18H34N4O4. The molecule has 0 aromatic carbocycles. The molecule has 0 heterocycles. The van der Waals surface area contributed by atoms with Gasteiger partial charge in [0, 0.05) is 32.4 Å². The van der Waals surface area contributed by atoms with Gasteiger partial charge in [0.1, 0.15) is 11.6 Å². The lowest BCUT2D eigenvalue weighted by molar-refractivity contribution is -0.124. The van der Waals surface area contributed by atoms with Crippen molar-refractivity contribution >= 4 is 23.4 Å². The van der Waals surface area contributed by atoms with Crippen molar-refractivity contribution in [2.45, 2.75) is 52.0 Å². The maximum Gasteiger partial charge on any atom is 0.234 e. The Hall–Kier alpha value is -1.80. The Balaban J connectivity index is 3.76. The van der Waals surface area contributed by atoms with Gasteiger partial charge in [-0.15, -0.1) is 0 Å². The second-order valence-corrected chi connectivity index (χ2v) is 6.61. The van der Waals surface area contributed by atoms with Crippen molar-refractivity contribution in [3.8, 4) is 0 Å². The summed E-state index contributed by atoms with van der Waals surface area (Å²) in [5, 5.41) is 8.37. The Morgan fingerprint density at radius 2 is 1.50 bits per heavy atom. The average Bonchev–Trinajstić information content (AvgIpc) is 2.59. The molecule has 0 saturated heterocycles. The molecule has 0 radical (unpaired) electrons. The highest BCUT2D eigenvalue weighted by Gasteiger charge is 2.13. The molecule has 150 valence electrons. The molecule has 3 N–H and O–H groups in total. The summed E-state index contributed by atoms with van der Waals surface area (Å²) in [4.78, 5) is 48.1. The van der Waals surface area contributed by atoms with E-state index in [4.69, 9.17) is 0 Å². The molecule has 0 saturated carbocycles. The van der Waals surface area contributed by atoms with E-state index in [2.05, 4.69) is 16.0 Å². The molecule has 0 aromatic rings. The molecule has 0 aromatic heterocycles. The minimum absolute atomic E-state index is 0.00759. The lowest BCUT2D eigenvalue weighted by Crippen LogP contribution is -2.42. The molecule has 8 heteroatoms. The Bertz CT molecular complexity index is 466. The van der Waals surface area contributed by atoms with Gasteiger partial charge in [-0.2, -0.15) is 0 Å². The van der Waals surface area contributed by atoms with Crippen LogP contribution in [-0.4, -0.2) is 74.6 Å². The fourth-order valence-corrected chi connectivity index (χ4v) is 2.16. The van der Waals surface area contributed by atoms with Crippen molar-refractivity contribution in [3.63, 3.8) is 0 Å². The molecular weight excluding hydrogens is 336 g/mol. The van der Waals surface area contributed by atoms with Crippen LogP contribution in [0.25, 0.3) is 0 Å². The van der Waals surface area contributed by atoms with Crippen LogP contribution in [0.2, 0.25) is 0 Å². The normalized spacial score (nSPS) is 11.9. The fraction of sp³-hybridized carbons (Fsp3) is 0.778. The van der Waals surface area contributed by atoms with E-state index in [0.29, 0.717) is 51.7 Å². The van der Waals surface area contributed by atoms with Gasteiger partial charge in [0.05, 0.1) is 19.1 Å². The lowest BCUT2D eigenvalue weighted by atomic mass is 10.1. The van der Waals surface area contributed by atoms with E-state index in [0.717, 1.165) is 0 Å². The molecule has 26 heavy (non-hydrogen) atoms. The van der Waals surface area contributed by atoms with Crippen molar-refractivity contribution in [3.05, 3.63) is 0 Å². The van der Waals surface area contributed by atoms with Gasteiger partial charge in [0.15, 0.2) is 0 Å². The number of carbonyl (C=O) groups excluding carboxylic acids is 4. The predicted molar refractivity (Wildman–Crippen MR) is 101 cm³/mol. The minimum Gasteiger partial charge on any atom is -0.355 e. The van der Waals surface area contributed by atoms with Crippen LogP contribution in [0.3, 0.4) is 0 Å². The van der Waals surface area contributed by atoms with E-state index >= 15 is 0 Å². The standard InChI is InChI=1S/C18H34N4O4/c1-5-15(23)8-6-10-19-17(25)12-21-14(2)16(24)9-7-11-20-18(26)13-22(3)4/h14,21H,5-13H2,1-4H3,(H,19,25)(H,20,26).